The maximum atomic E-state index is 13.1. The highest BCUT2D eigenvalue weighted by molar-refractivity contribution is 5.58. The number of rotatable bonds is 5. The summed E-state index contributed by atoms with van der Waals surface area (Å²) in [5.41, 5.74) is -0.245. The van der Waals surface area contributed by atoms with Gasteiger partial charge < -0.3 is 10.0 Å². The standard InChI is InChI=1S/C14H16F3NO/c1-2-7-18(11-4-5-11)13-6-3-10(9-19)8-12(13)14(15,16)17/h2-3,6,8,11,19H,1,4-5,7,9H2. The second-order valence-corrected chi connectivity index (χ2v) is 4.68. The number of nitrogens with zero attached hydrogens (tertiary/aromatic N) is 1. The topological polar surface area (TPSA) is 23.5 Å². The van der Waals surface area contributed by atoms with Crippen LogP contribution in [-0.4, -0.2) is 17.7 Å². The largest absolute Gasteiger partial charge is 0.418 e. The molecule has 0 radical (unpaired) electrons. The highest BCUT2D eigenvalue weighted by Crippen LogP contribution is 2.41. The zero-order valence-corrected chi connectivity index (χ0v) is 10.5. The number of benzene rings is 1. The van der Waals surface area contributed by atoms with Gasteiger partial charge in [0, 0.05) is 18.3 Å². The first-order valence-corrected chi connectivity index (χ1v) is 6.16. The van der Waals surface area contributed by atoms with Gasteiger partial charge in [-0.25, -0.2) is 0 Å². The molecular formula is C14H16F3NO. The number of hydrogen-bond acceptors (Lipinski definition) is 2. The van der Waals surface area contributed by atoms with Gasteiger partial charge in [0.25, 0.3) is 0 Å². The van der Waals surface area contributed by atoms with Crippen LogP contribution in [-0.2, 0) is 12.8 Å². The Morgan fingerprint density at radius 3 is 2.53 bits per heavy atom. The van der Waals surface area contributed by atoms with Crippen LogP contribution in [0.3, 0.4) is 0 Å². The van der Waals surface area contributed by atoms with E-state index in [1.54, 1.807) is 11.0 Å². The second kappa shape index (κ2) is 5.25. The molecule has 0 atom stereocenters. The van der Waals surface area contributed by atoms with E-state index >= 15 is 0 Å². The molecule has 1 aliphatic rings. The van der Waals surface area contributed by atoms with Gasteiger partial charge in [0.15, 0.2) is 0 Å². The fraction of sp³-hybridized carbons (Fsp3) is 0.429. The van der Waals surface area contributed by atoms with Crippen LogP contribution >= 0.6 is 0 Å². The summed E-state index contributed by atoms with van der Waals surface area (Å²) in [6, 6.07) is 4.16. The molecule has 0 spiro atoms. The lowest BCUT2D eigenvalue weighted by molar-refractivity contribution is -0.137. The molecule has 104 valence electrons. The van der Waals surface area contributed by atoms with Crippen LogP contribution in [0.15, 0.2) is 30.9 Å². The van der Waals surface area contributed by atoms with E-state index in [1.807, 2.05) is 0 Å². The first kappa shape index (κ1) is 13.9. The molecular weight excluding hydrogens is 255 g/mol. The van der Waals surface area contributed by atoms with Crippen LogP contribution in [0, 0.1) is 0 Å². The number of aliphatic hydroxyl groups excluding tert-OH is 1. The molecule has 19 heavy (non-hydrogen) atoms. The maximum Gasteiger partial charge on any atom is 0.418 e. The molecule has 1 aromatic carbocycles. The number of aliphatic hydroxyl groups is 1. The van der Waals surface area contributed by atoms with Gasteiger partial charge in [-0.1, -0.05) is 12.1 Å². The van der Waals surface area contributed by atoms with Crippen molar-refractivity contribution in [1.82, 2.24) is 0 Å². The molecule has 2 nitrogen and oxygen atoms in total. The van der Waals surface area contributed by atoms with Crippen molar-refractivity contribution in [2.24, 2.45) is 0 Å². The molecule has 1 aromatic rings. The molecule has 0 unspecified atom stereocenters. The van der Waals surface area contributed by atoms with Gasteiger partial charge in [0.2, 0.25) is 0 Å². The Balaban J connectivity index is 2.45. The van der Waals surface area contributed by atoms with E-state index in [4.69, 9.17) is 5.11 Å². The van der Waals surface area contributed by atoms with Crippen molar-refractivity contribution < 1.29 is 18.3 Å². The van der Waals surface area contributed by atoms with Crippen LogP contribution in [0.2, 0.25) is 0 Å². The third-order valence-electron chi connectivity index (χ3n) is 3.17. The van der Waals surface area contributed by atoms with Crippen molar-refractivity contribution in [2.45, 2.75) is 31.7 Å². The quantitative estimate of drug-likeness (QED) is 0.830. The Hall–Kier alpha value is -1.49. The van der Waals surface area contributed by atoms with E-state index in [-0.39, 0.29) is 17.3 Å². The summed E-state index contributed by atoms with van der Waals surface area (Å²) in [6.45, 7) is 3.60. The first-order chi connectivity index (χ1) is 8.97. The molecule has 2 rings (SSSR count). The number of halogens is 3. The third-order valence-corrected chi connectivity index (χ3v) is 3.17. The van der Waals surface area contributed by atoms with E-state index in [9.17, 15) is 13.2 Å². The summed E-state index contributed by atoms with van der Waals surface area (Å²) in [5.74, 6) is 0. The minimum atomic E-state index is -4.42. The number of anilines is 1. The second-order valence-electron chi connectivity index (χ2n) is 4.68. The van der Waals surface area contributed by atoms with Gasteiger partial charge in [0.1, 0.15) is 0 Å². The lowest BCUT2D eigenvalue weighted by atomic mass is 10.1. The summed E-state index contributed by atoms with van der Waals surface area (Å²) in [4.78, 5) is 1.73. The summed E-state index contributed by atoms with van der Waals surface area (Å²) >= 11 is 0. The summed E-state index contributed by atoms with van der Waals surface area (Å²) in [6.07, 6.45) is -0.993. The summed E-state index contributed by atoms with van der Waals surface area (Å²) in [5, 5.41) is 8.99. The molecule has 0 aromatic heterocycles. The zero-order valence-electron chi connectivity index (χ0n) is 10.5. The fourth-order valence-corrected chi connectivity index (χ4v) is 2.13. The predicted octanol–water partition coefficient (Wildman–Crippen LogP) is 3.35. The van der Waals surface area contributed by atoms with E-state index in [2.05, 4.69) is 6.58 Å². The van der Waals surface area contributed by atoms with Gasteiger partial charge in [-0.3, -0.25) is 0 Å². The van der Waals surface area contributed by atoms with E-state index < -0.39 is 18.3 Å². The van der Waals surface area contributed by atoms with E-state index in [0.29, 0.717) is 6.54 Å². The lowest BCUT2D eigenvalue weighted by Gasteiger charge is -2.27. The number of hydrogen-bond donors (Lipinski definition) is 1. The average molecular weight is 271 g/mol. The van der Waals surface area contributed by atoms with E-state index in [1.165, 1.54) is 12.1 Å². The van der Waals surface area contributed by atoms with Crippen molar-refractivity contribution >= 4 is 5.69 Å². The molecule has 0 bridgehead atoms. The van der Waals surface area contributed by atoms with Crippen molar-refractivity contribution in [2.75, 3.05) is 11.4 Å². The lowest BCUT2D eigenvalue weighted by Crippen LogP contribution is -2.28. The van der Waals surface area contributed by atoms with Gasteiger partial charge in [-0.15, -0.1) is 6.58 Å². The van der Waals surface area contributed by atoms with Crippen molar-refractivity contribution in [3.05, 3.63) is 42.0 Å². The van der Waals surface area contributed by atoms with E-state index in [0.717, 1.165) is 18.9 Å². The van der Waals surface area contributed by atoms with Crippen LogP contribution in [0.1, 0.15) is 24.0 Å². The average Bonchev–Trinajstić information content (AvgIpc) is 3.18. The van der Waals surface area contributed by atoms with Crippen LogP contribution in [0.4, 0.5) is 18.9 Å². The SMILES string of the molecule is C=CCN(c1ccc(CO)cc1C(F)(F)F)C1CC1. The van der Waals surface area contributed by atoms with Crippen LogP contribution in [0.5, 0.6) is 0 Å². The monoisotopic (exact) mass is 271 g/mol. The zero-order chi connectivity index (χ0) is 14.0. The Bertz CT molecular complexity index is 466. The Morgan fingerprint density at radius 1 is 1.37 bits per heavy atom. The highest BCUT2D eigenvalue weighted by atomic mass is 19.4. The molecule has 0 aliphatic heterocycles. The fourth-order valence-electron chi connectivity index (χ4n) is 2.13. The van der Waals surface area contributed by atoms with Gasteiger partial charge in [0.05, 0.1) is 12.2 Å². The van der Waals surface area contributed by atoms with Crippen molar-refractivity contribution in [3.8, 4) is 0 Å². The minimum absolute atomic E-state index is 0.166. The van der Waals surface area contributed by atoms with Crippen LogP contribution in [0.25, 0.3) is 0 Å². The molecule has 1 saturated carbocycles. The first-order valence-electron chi connectivity index (χ1n) is 6.16. The molecule has 0 amide bonds. The van der Waals surface area contributed by atoms with Gasteiger partial charge in [-0.05, 0) is 30.5 Å². The smallest absolute Gasteiger partial charge is 0.392 e. The molecule has 1 fully saturated rings. The Labute approximate surface area is 110 Å². The summed E-state index contributed by atoms with van der Waals surface area (Å²) in [7, 11) is 0. The molecule has 1 aliphatic carbocycles. The third kappa shape index (κ3) is 3.10. The maximum absolute atomic E-state index is 13.1. The van der Waals surface area contributed by atoms with Crippen molar-refractivity contribution in [3.63, 3.8) is 0 Å². The molecule has 5 heteroatoms. The molecule has 1 N–H and O–H groups in total. The normalized spacial score (nSPS) is 15.4. The van der Waals surface area contributed by atoms with Crippen molar-refractivity contribution in [1.29, 1.82) is 0 Å². The highest BCUT2D eigenvalue weighted by Gasteiger charge is 2.38. The summed E-state index contributed by atoms with van der Waals surface area (Å²) < 4.78 is 39.3. The Morgan fingerprint density at radius 2 is 2.05 bits per heavy atom. The Kier molecular flexibility index (Phi) is 3.85. The predicted molar refractivity (Wildman–Crippen MR) is 67.9 cm³/mol. The van der Waals surface area contributed by atoms with Gasteiger partial charge >= 0.3 is 6.18 Å². The molecule has 0 heterocycles. The molecule has 0 saturated heterocycles. The van der Waals surface area contributed by atoms with Gasteiger partial charge in [-0.2, -0.15) is 13.2 Å². The van der Waals surface area contributed by atoms with Crippen LogP contribution < -0.4 is 4.90 Å². The minimum Gasteiger partial charge on any atom is -0.392 e. The number of alkyl halides is 3.